The van der Waals surface area contributed by atoms with E-state index in [2.05, 4.69) is 0 Å². The lowest BCUT2D eigenvalue weighted by Crippen LogP contribution is -2.45. The average Bonchev–Trinajstić information content (AvgIpc) is 2.17. The van der Waals surface area contributed by atoms with Crippen molar-refractivity contribution in [1.29, 1.82) is 0 Å². The summed E-state index contributed by atoms with van der Waals surface area (Å²) in [7, 11) is 0. The first kappa shape index (κ1) is 15.9. The first-order valence-electron chi connectivity index (χ1n) is 6.03. The molecule has 0 aliphatic carbocycles. The molecule has 17 heavy (non-hydrogen) atoms. The number of aliphatic carboxylic acids is 1. The van der Waals surface area contributed by atoms with Crippen molar-refractivity contribution < 1.29 is 14.7 Å². The molecule has 100 valence electrons. The molecule has 0 aliphatic heterocycles. The molecule has 0 radical (unpaired) electrons. The number of hydrogen-bond acceptors (Lipinski definition) is 3. The Bertz CT molecular complexity index is 264. The maximum absolute atomic E-state index is 12.2. The fourth-order valence-electron chi connectivity index (χ4n) is 1.71. The third kappa shape index (κ3) is 5.17. The highest BCUT2D eigenvalue weighted by Crippen LogP contribution is 2.15. The van der Waals surface area contributed by atoms with Crippen LogP contribution in [0.15, 0.2) is 0 Å². The second-order valence-corrected chi connectivity index (χ2v) is 4.86. The number of carboxylic acids is 1. The summed E-state index contributed by atoms with van der Waals surface area (Å²) < 4.78 is 0. The molecule has 5 heteroatoms. The van der Waals surface area contributed by atoms with E-state index in [1.807, 2.05) is 27.7 Å². The van der Waals surface area contributed by atoms with Crippen LogP contribution in [0.1, 0.15) is 34.1 Å². The van der Waals surface area contributed by atoms with Crippen LogP contribution in [-0.2, 0) is 9.59 Å². The summed E-state index contributed by atoms with van der Waals surface area (Å²) in [6.45, 7) is 8.21. The Morgan fingerprint density at radius 3 is 2.06 bits per heavy atom. The first-order chi connectivity index (χ1) is 7.81. The van der Waals surface area contributed by atoms with Crippen molar-refractivity contribution in [2.45, 2.75) is 40.2 Å². The van der Waals surface area contributed by atoms with Gasteiger partial charge in [0.1, 0.15) is 0 Å². The monoisotopic (exact) mass is 244 g/mol. The Labute approximate surface area is 103 Å². The number of nitrogens with two attached hydrogens (primary N) is 1. The number of amides is 1. The van der Waals surface area contributed by atoms with Gasteiger partial charge in [-0.25, -0.2) is 0 Å². The molecule has 0 rings (SSSR count). The summed E-state index contributed by atoms with van der Waals surface area (Å²) in [5, 5.41) is 8.67. The minimum absolute atomic E-state index is 0.00495. The maximum atomic E-state index is 12.2. The summed E-state index contributed by atoms with van der Waals surface area (Å²) in [5.41, 5.74) is 5.60. The minimum Gasteiger partial charge on any atom is -0.481 e. The average molecular weight is 244 g/mol. The van der Waals surface area contributed by atoms with Crippen molar-refractivity contribution in [3.63, 3.8) is 0 Å². The zero-order valence-electron chi connectivity index (χ0n) is 11.1. The number of carbonyl (C=O) groups excluding carboxylic acids is 1. The summed E-state index contributed by atoms with van der Waals surface area (Å²) >= 11 is 0. The van der Waals surface area contributed by atoms with Crippen LogP contribution in [0, 0.1) is 11.8 Å². The van der Waals surface area contributed by atoms with Gasteiger partial charge in [0.05, 0.1) is 12.3 Å². The first-order valence-corrected chi connectivity index (χ1v) is 6.03. The number of carbonyl (C=O) groups is 2. The van der Waals surface area contributed by atoms with Gasteiger partial charge in [-0.2, -0.15) is 0 Å². The molecule has 1 atom stereocenters. The fourth-order valence-corrected chi connectivity index (χ4v) is 1.71. The van der Waals surface area contributed by atoms with Crippen LogP contribution in [0.2, 0.25) is 0 Å². The second kappa shape index (κ2) is 7.27. The van der Waals surface area contributed by atoms with Gasteiger partial charge in [-0.3, -0.25) is 9.59 Å². The predicted molar refractivity (Wildman–Crippen MR) is 66.5 cm³/mol. The van der Waals surface area contributed by atoms with E-state index in [1.165, 1.54) is 0 Å². The molecule has 0 fully saturated rings. The van der Waals surface area contributed by atoms with Crippen molar-refractivity contribution in [2.75, 3.05) is 13.1 Å². The van der Waals surface area contributed by atoms with E-state index >= 15 is 0 Å². The van der Waals surface area contributed by atoms with Crippen molar-refractivity contribution >= 4 is 11.9 Å². The van der Waals surface area contributed by atoms with Gasteiger partial charge >= 0.3 is 5.97 Å². The third-order valence-electron chi connectivity index (χ3n) is 2.85. The highest BCUT2D eigenvalue weighted by Gasteiger charge is 2.27. The Morgan fingerprint density at radius 2 is 1.76 bits per heavy atom. The molecular formula is C12H24N2O3. The molecule has 0 spiro atoms. The lowest BCUT2D eigenvalue weighted by Gasteiger charge is -2.31. The van der Waals surface area contributed by atoms with E-state index in [9.17, 15) is 9.59 Å². The van der Waals surface area contributed by atoms with Crippen LogP contribution >= 0.6 is 0 Å². The van der Waals surface area contributed by atoms with Crippen LogP contribution in [0.5, 0.6) is 0 Å². The van der Waals surface area contributed by atoms with E-state index in [-0.39, 0.29) is 36.8 Å². The smallest absolute Gasteiger partial charge is 0.305 e. The van der Waals surface area contributed by atoms with Crippen LogP contribution in [0.3, 0.4) is 0 Å². The number of hydrogen-bond donors (Lipinski definition) is 2. The van der Waals surface area contributed by atoms with Crippen molar-refractivity contribution in [1.82, 2.24) is 4.90 Å². The van der Waals surface area contributed by atoms with Crippen molar-refractivity contribution in [3.05, 3.63) is 0 Å². The highest BCUT2D eigenvalue weighted by molar-refractivity contribution is 5.80. The van der Waals surface area contributed by atoms with E-state index in [1.54, 1.807) is 4.90 Å². The van der Waals surface area contributed by atoms with Crippen LogP contribution in [0.25, 0.3) is 0 Å². The molecule has 0 heterocycles. The molecule has 0 saturated heterocycles. The molecule has 1 unspecified atom stereocenters. The lowest BCUT2D eigenvalue weighted by atomic mass is 9.94. The SMILES string of the molecule is CC(C)C(CN)C(=O)N(CCC(=O)O)C(C)C. The zero-order valence-corrected chi connectivity index (χ0v) is 11.1. The molecule has 0 bridgehead atoms. The van der Waals surface area contributed by atoms with Gasteiger partial charge < -0.3 is 15.7 Å². The van der Waals surface area contributed by atoms with Gasteiger partial charge in [0, 0.05) is 19.1 Å². The molecule has 5 nitrogen and oxygen atoms in total. The Kier molecular flexibility index (Phi) is 6.80. The summed E-state index contributed by atoms with van der Waals surface area (Å²) in [5.74, 6) is -0.999. The minimum atomic E-state index is -0.891. The predicted octanol–water partition coefficient (Wildman–Crippen LogP) is 0.929. The molecular weight excluding hydrogens is 220 g/mol. The number of rotatable bonds is 7. The Hall–Kier alpha value is -1.10. The summed E-state index contributed by atoms with van der Waals surface area (Å²) in [6, 6.07) is -0.00495. The van der Waals surface area contributed by atoms with E-state index in [0.717, 1.165) is 0 Å². The normalized spacial score (nSPS) is 12.9. The van der Waals surface area contributed by atoms with E-state index in [4.69, 9.17) is 10.8 Å². The van der Waals surface area contributed by atoms with Gasteiger partial charge in [0.2, 0.25) is 5.91 Å². The largest absolute Gasteiger partial charge is 0.481 e. The van der Waals surface area contributed by atoms with Crippen molar-refractivity contribution in [2.24, 2.45) is 17.6 Å². The number of nitrogens with zero attached hydrogens (tertiary/aromatic N) is 1. The van der Waals surface area contributed by atoms with Crippen LogP contribution in [-0.4, -0.2) is 41.0 Å². The van der Waals surface area contributed by atoms with Gasteiger partial charge in [-0.1, -0.05) is 13.8 Å². The Morgan fingerprint density at radius 1 is 1.24 bits per heavy atom. The van der Waals surface area contributed by atoms with Crippen LogP contribution in [0.4, 0.5) is 0 Å². The van der Waals surface area contributed by atoms with Gasteiger partial charge in [0.15, 0.2) is 0 Å². The lowest BCUT2D eigenvalue weighted by molar-refractivity contribution is -0.141. The molecule has 0 aromatic heterocycles. The summed E-state index contributed by atoms with van der Waals surface area (Å²) in [4.78, 5) is 24.4. The quantitative estimate of drug-likeness (QED) is 0.697. The maximum Gasteiger partial charge on any atom is 0.305 e. The highest BCUT2D eigenvalue weighted by atomic mass is 16.4. The molecule has 0 aromatic rings. The number of carboxylic acid groups (broad SMARTS) is 1. The second-order valence-electron chi connectivity index (χ2n) is 4.86. The molecule has 3 N–H and O–H groups in total. The topological polar surface area (TPSA) is 83.6 Å². The fraction of sp³-hybridized carbons (Fsp3) is 0.833. The molecule has 0 aliphatic rings. The van der Waals surface area contributed by atoms with Gasteiger partial charge in [-0.15, -0.1) is 0 Å². The van der Waals surface area contributed by atoms with Gasteiger partial charge in [-0.05, 0) is 19.8 Å². The van der Waals surface area contributed by atoms with Gasteiger partial charge in [0.25, 0.3) is 0 Å². The zero-order chi connectivity index (χ0) is 13.6. The van der Waals surface area contributed by atoms with E-state index < -0.39 is 5.97 Å². The summed E-state index contributed by atoms with van der Waals surface area (Å²) in [6.07, 6.45) is -0.0285. The van der Waals surface area contributed by atoms with Crippen LogP contribution < -0.4 is 5.73 Å². The molecule has 0 aromatic carbocycles. The third-order valence-corrected chi connectivity index (χ3v) is 2.85. The standard InChI is InChI=1S/C12H24N2O3/c1-8(2)10(7-13)12(17)14(9(3)4)6-5-11(15)16/h8-10H,5-7,13H2,1-4H3,(H,15,16). The molecule has 0 saturated carbocycles. The van der Waals surface area contributed by atoms with Crippen molar-refractivity contribution in [3.8, 4) is 0 Å². The molecule has 1 amide bonds. The Balaban J connectivity index is 4.68. The van der Waals surface area contributed by atoms with E-state index in [0.29, 0.717) is 6.54 Å².